The van der Waals surface area contributed by atoms with Crippen molar-refractivity contribution in [3.05, 3.63) is 88.2 Å². The van der Waals surface area contributed by atoms with Crippen LogP contribution in [0, 0.1) is 13.8 Å². The van der Waals surface area contributed by atoms with Crippen LogP contribution in [0.25, 0.3) is 0 Å². The minimum absolute atomic E-state index is 0.306. The molecule has 1 aromatic heterocycles. The minimum atomic E-state index is -1.23. The van der Waals surface area contributed by atoms with Crippen LogP contribution in [0.5, 0.6) is 0 Å². The molecule has 6 nitrogen and oxygen atoms in total. The van der Waals surface area contributed by atoms with Gasteiger partial charge in [0.25, 0.3) is 5.91 Å². The van der Waals surface area contributed by atoms with Gasteiger partial charge in [0.2, 0.25) is 0 Å². The van der Waals surface area contributed by atoms with E-state index in [1.54, 1.807) is 19.1 Å². The van der Waals surface area contributed by atoms with Crippen LogP contribution in [-0.4, -0.2) is 27.3 Å². The van der Waals surface area contributed by atoms with Gasteiger partial charge in [-0.15, -0.1) is 0 Å². The molecule has 1 amide bonds. The highest BCUT2D eigenvalue weighted by Crippen LogP contribution is 2.28. The molecule has 0 saturated carbocycles. The molecule has 30 heavy (non-hydrogen) atoms. The highest BCUT2D eigenvalue weighted by molar-refractivity contribution is 5.97. The van der Waals surface area contributed by atoms with Crippen molar-refractivity contribution in [2.75, 3.05) is 0 Å². The molecule has 0 saturated heterocycles. The Morgan fingerprint density at radius 2 is 1.83 bits per heavy atom. The molecule has 0 aliphatic carbocycles. The quantitative estimate of drug-likeness (QED) is 0.663. The smallest absolute Gasteiger partial charge is 0.339 e. The summed E-state index contributed by atoms with van der Waals surface area (Å²) in [5.41, 5.74) is 4.15. The largest absolute Gasteiger partial charge is 0.445 e. The topological polar surface area (TPSA) is 73.2 Å². The number of aromatic nitrogens is 2. The van der Waals surface area contributed by atoms with E-state index in [0.29, 0.717) is 25.1 Å². The van der Waals surface area contributed by atoms with Crippen molar-refractivity contribution in [3.63, 3.8) is 0 Å². The maximum atomic E-state index is 13.0. The molecule has 0 spiro atoms. The third-order valence-corrected chi connectivity index (χ3v) is 5.70. The second kappa shape index (κ2) is 7.78. The van der Waals surface area contributed by atoms with Crippen LogP contribution in [0.4, 0.5) is 0 Å². The van der Waals surface area contributed by atoms with Crippen LogP contribution in [0.1, 0.15) is 45.4 Å². The van der Waals surface area contributed by atoms with Crippen LogP contribution in [0.15, 0.2) is 54.6 Å². The summed E-state index contributed by atoms with van der Waals surface area (Å²) in [6, 6.07) is 17.4. The molecule has 2 heterocycles. The second-order valence-corrected chi connectivity index (χ2v) is 7.93. The Labute approximate surface area is 175 Å². The zero-order chi connectivity index (χ0) is 21.3. The lowest BCUT2D eigenvalue weighted by molar-refractivity contribution is -0.140. The maximum absolute atomic E-state index is 13.0. The molecule has 3 aromatic rings. The average Bonchev–Trinajstić information content (AvgIpc) is 2.99. The second-order valence-electron chi connectivity index (χ2n) is 7.93. The molecule has 1 aliphatic heterocycles. The summed E-state index contributed by atoms with van der Waals surface area (Å²) in [4.78, 5) is 25.3. The van der Waals surface area contributed by atoms with Gasteiger partial charge in [0.05, 0.1) is 17.8 Å². The van der Waals surface area contributed by atoms with Crippen LogP contribution in [0.2, 0.25) is 0 Å². The summed E-state index contributed by atoms with van der Waals surface area (Å²) in [5.74, 6) is -0.766. The number of nitrogens with one attached hydrogen (secondary N) is 1. The number of carbonyl (C=O) groups excluding carboxylic acids is 2. The lowest BCUT2D eigenvalue weighted by atomic mass is 9.89. The van der Waals surface area contributed by atoms with E-state index in [1.165, 1.54) is 5.56 Å². The fourth-order valence-corrected chi connectivity index (χ4v) is 3.92. The molecule has 4 rings (SSSR count). The van der Waals surface area contributed by atoms with Gasteiger partial charge in [0.15, 0.2) is 5.60 Å². The summed E-state index contributed by atoms with van der Waals surface area (Å²) in [6.07, 6.45) is 0.353. The maximum Gasteiger partial charge on any atom is 0.339 e. The number of carbonyl (C=O) groups is 2. The summed E-state index contributed by atoms with van der Waals surface area (Å²) >= 11 is 0. The highest BCUT2D eigenvalue weighted by atomic mass is 16.6. The molecule has 2 aromatic carbocycles. The van der Waals surface area contributed by atoms with Gasteiger partial charge >= 0.3 is 5.97 Å². The number of cyclic esters (lactones) is 1. The van der Waals surface area contributed by atoms with Gasteiger partial charge in [-0.05, 0) is 38.0 Å². The van der Waals surface area contributed by atoms with Crippen molar-refractivity contribution in [1.82, 2.24) is 15.1 Å². The molecule has 154 valence electrons. The number of amides is 1. The molecule has 6 heteroatoms. The van der Waals surface area contributed by atoms with Gasteiger partial charge in [-0.2, -0.15) is 5.10 Å². The third-order valence-electron chi connectivity index (χ3n) is 5.70. The van der Waals surface area contributed by atoms with Gasteiger partial charge in [0, 0.05) is 24.2 Å². The van der Waals surface area contributed by atoms with Crippen molar-refractivity contribution < 1.29 is 14.3 Å². The fourth-order valence-electron chi connectivity index (χ4n) is 3.92. The van der Waals surface area contributed by atoms with Crippen LogP contribution in [-0.2, 0) is 29.0 Å². The first-order valence-electron chi connectivity index (χ1n) is 10.0. The van der Waals surface area contributed by atoms with Crippen molar-refractivity contribution >= 4 is 11.9 Å². The number of esters is 1. The van der Waals surface area contributed by atoms with E-state index < -0.39 is 11.6 Å². The van der Waals surface area contributed by atoms with Crippen molar-refractivity contribution in [2.24, 2.45) is 0 Å². The highest BCUT2D eigenvalue weighted by Gasteiger charge is 2.42. The first-order valence-corrected chi connectivity index (χ1v) is 10.0. The molecule has 1 N–H and O–H groups in total. The molecule has 1 aliphatic rings. The van der Waals surface area contributed by atoms with Crippen molar-refractivity contribution in [1.29, 1.82) is 0 Å². The van der Waals surface area contributed by atoms with Crippen LogP contribution < -0.4 is 5.32 Å². The van der Waals surface area contributed by atoms with E-state index in [1.807, 2.05) is 48.9 Å². The Bertz CT molecular complexity index is 1100. The van der Waals surface area contributed by atoms with E-state index in [4.69, 9.17) is 4.74 Å². The number of aryl methyl sites for hydroxylation is 1. The Morgan fingerprint density at radius 1 is 1.13 bits per heavy atom. The normalized spacial score (nSPS) is 17.9. The van der Waals surface area contributed by atoms with Gasteiger partial charge in [-0.1, -0.05) is 48.5 Å². The number of rotatable bonds is 5. The number of fused-ring (bicyclic) bond motifs is 1. The van der Waals surface area contributed by atoms with Crippen LogP contribution in [0.3, 0.4) is 0 Å². The predicted molar refractivity (Wildman–Crippen MR) is 113 cm³/mol. The van der Waals surface area contributed by atoms with Crippen molar-refractivity contribution in [3.8, 4) is 0 Å². The summed E-state index contributed by atoms with van der Waals surface area (Å²) in [6.45, 7) is 6.61. The molecule has 0 radical (unpaired) electrons. The number of hydrogen-bond donors (Lipinski definition) is 1. The lowest BCUT2D eigenvalue weighted by Crippen LogP contribution is -2.51. The standard InChI is InChI=1S/C24H25N3O3/c1-16-21(17(2)27(26-16)15-18-9-5-4-6-10-18)14-25-23(29)24(3)13-19-11-7-8-12-20(19)22(28)30-24/h4-12H,13-15H2,1-3H3,(H,25,29). The summed E-state index contributed by atoms with van der Waals surface area (Å²) in [5, 5.41) is 7.58. The van der Waals surface area contributed by atoms with E-state index >= 15 is 0 Å². The Kier molecular flexibility index (Phi) is 5.16. The molecule has 0 bridgehead atoms. The predicted octanol–water partition coefficient (Wildman–Crippen LogP) is 3.34. The Balaban J connectivity index is 1.47. The number of benzene rings is 2. The molecule has 1 unspecified atom stereocenters. The van der Waals surface area contributed by atoms with Gasteiger partial charge in [0.1, 0.15) is 0 Å². The monoisotopic (exact) mass is 403 g/mol. The molecular weight excluding hydrogens is 378 g/mol. The molecule has 0 fully saturated rings. The minimum Gasteiger partial charge on any atom is -0.445 e. The van der Waals surface area contributed by atoms with E-state index in [-0.39, 0.29) is 5.91 Å². The zero-order valence-corrected chi connectivity index (χ0v) is 17.4. The first kappa shape index (κ1) is 19.9. The number of nitrogens with zero attached hydrogens (tertiary/aromatic N) is 2. The molecule has 1 atom stereocenters. The van der Waals surface area contributed by atoms with Gasteiger partial charge in [-0.25, -0.2) is 4.79 Å². The molecular formula is C24H25N3O3. The van der Waals surface area contributed by atoms with Crippen molar-refractivity contribution in [2.45, 2.75) is 45.9 Å². The fraction of sp³-hybridized carbons (Fsp3) is 0.292. The number of ether oxygens (including phenoxy) is 1. The number of hydrogen-bond acceptors (Lipinski definition) is 4. The van der Waals surface area contributed by atoms with E-state index in [0.717, 1.165) is 22.5 Å². The Morgan fingerprint density at radius 3 is 2.60 bits per heavy atom. The average molecular weight is 403 g/mol. The SMILES string of the molecule is Cc1nn(Cc2ccccc2)c(C)c1CNC(=O)C1(C)Cc2ccccc2C(=O)O1. The van der Waals surface area contributed by atoms with Crippen LogP contribution >= 0.6 is 0 Å². The lowest BCUT2D eigenvalue weighted by Gasteiger charge is -2.33. The summed E-state index contributed by atoms with van der Waals surface area (Å²) in [7, 11) is 0. The van der Waals surface area contributed by atoms with E-state index in [2.05, 4.69) is 22.5 Å². The third kappa shape index (κ3) is 3.73. The summed E-state index contributed by atoms with van der Waals surface area (Å²) < 4.78 is 7.47. The van der Waals surface area contributed by atoms with E-state index in [9.17, 15) is 9.59 Å². The first-order chi connectivity index (χ1) is 14.4. The zero-order valence-electron chi connectivity index (χ0n) is 17.4. The van der Waals surface area contributed by atoms with Gasteiger partial charge < -0.3 is 10.1 Å². The van der Waals surface area contributed by atoms with Gasteiger partial charge in [-0.3, -0.25) is 9.48 Å². The Hall–Kier alpha value is -3.41.